The molecule has 2 aliphatic rings. The molecule has 24 heavy (non-hydrogen) atoms. The maximum absolute atomic E-state index is 12.6. The molecule has 4 nitrogen and oxygen atoms in total. The molecule has 1 aliphatic carbocycles. The number of hydrogen-bond donors (Lipinski definition) is 1. The Bertz CT molecular complexity index is 739. The van der Waals surface area contributed by atoms with Gasteiger partial charge in [-0.1, -0.05) is 65.8 Å². The van der Waals surface area contributed by atoms with Crippen LogP contribution in [0.1, 0.15) is 36.4 Å². The molecule has 0 saturated heterocycles. The van der Waals surface area contributed by atoms with Gasteiger partial charge in [0.2, 0.25) is 6.10 Å². The molecule has 4 heteroatoms. The number of carbonyl (C=O) groups is 1. The zero-order valence-electron chi connectivity index (χ0n) is 13.4. The van der Waals surface area contributed by atoms with Crippen LogP contribution in [0.2, 0.25) is 0 Å². The summed E-state index contributed by atoms with van der Waals surface area (Å²) in [6.45, 7) is 0. The minimum absolute atomic E-state index is 0.0723. The van der Waals surface area contributed by atoms with E-state index in [0.717, 1.165) is 29.7 Å². The summed E-state index contributed by atoms with van der Waals surface area (Å²) in [5, 5.41) is 7.28. The highest BCUT2D eigenvalue weighted by Crippen LogP contribution is 2.41. The molecule has 1 fully saturated rings. The molecule has 1 N–H and O–H groups in total. The van der Waals surface area contributed by atoms with E-state index in [1.807, 2.05) is 48.5 Å². The third-order valence-corrected chi connectivity index (χ3v) is 4.62. The van der Waals surface area contributed by atoms with Crippen molar-refractivity contribution in [2.24, 2.45) is 11.1 Å². The number of amides is 1. The fourth-order valence-corrected chi connectivity index (χ4v) is 3.13. The van der Waals surface area contributed by atoms with Crippen LogP contribution < -0.4 is 5.32 Å². The van der Waals surface area contributed by atoms with E-state index in [1.54, 1.807) is 0 Å². The number of nitrogens with one attached hydrogen (secondary N) is 1. The van der Waals surface area contributed by atoms with Gasteiger partial charge in [0.25, 0.3) is 5.91 Å². The van der Waals surface area contributed by atoms with Crippen molar-refractivity contribution >= 4 is 11.6 Å². The predicted octanol–water partition coefficient (Wildman–Crippen LogP) is 3.45. The van der Waals surface area contributed by atoms with Crippen molar-refractivity contribution < 1.29 is 9.63 Å². The van der Waals surface area contributed by atoms with Crippen LogP contribution >= 0.6 is 0 Å². The number of benzene rings is 2. The third-order valence-electron chi connectivity index (χ3n) is 4.62. The standard InChI is InChI=1S/C20H20N2O2/c23-20(18-13-17(22-24-18)14-7-3-1-4-8-14)21-19(16-11-12-16)15-9-5-2-6-10-15/h1-10,16,18-19H,11-13H2,(H,21,23)/t18-,19+/m0/s1. The van der Waals surface area contributed by atoms with Gasteiger partial charge in [-0.25, -0.2) is 0 Å². The fraction of sp³-hybridized carbons (Fsp3) is 0.300. The minimum Gasteiger partial charge on any atom is -0.382 e. The third kappa shape index (κ3) is 3.18. The summed E-state index contributed by atoms with van der Waals surface area (Å²) in [6, 6.07) is 20.1. The predicted molar refractivity (Wildman–Crippen MR) is 92.5 cm³/mol. The second-order valence-corrected chi connectivity index (χ2v) is 6.44. The Morgan fingerprint density at radius 2 is 1.71 bits per heavy atom. The minimum atomic E-state index is -0.537. The summed E-state index contributed by atoms with van der Waals surface area (Å²) in [7, 11) is 0. The van der Waals surface area contributed by atoms with Gasteiger partial charge in [0, 0.05) is 6.42 Å². The van der Waals surface area contributed by atoms with Crippen molar-refractivity contribution in [3.05, 3.63) is 71.8 Å². The first-order valence-electron chi connectivity index (χ1n) is 8.45. The highest BCUT2D eigenvalue weighted by molar-refractivity contribution is 6.04. The Balaban J connectivity index is 1.42. The van der Waals surface area contributed by atoms with Crippen LogP contribution in [0.3, 0.4) is 0 Å². The molecule has 1 aliphatic heterocycles. The van der Waals surface area contributed by atoms with E-state index in [2.05, 4.69) is 22.6 Å². The van der Waals surface area contributed by atoms with E-state index >= 15 is 0 Å². The summed E-state index contributed by atoms with van der Waals surface area (Å²) in [5.74, 6) is 0.456. The lowest BCUT2D eigenvalue weighted by molar-refractivity contribution is -0.132. The first kappa shape index (κ1) is 14.9. The first-order chi connectivity index (χ1) is 11.8. The zero-order chi connectivity index (χ0) is 16.4. The summed E-state index contributed by atoms with van der Waals surface area (Å²) < 4.78 is 0. The largest absolute Gasteiger partial charge is 0.382 e. The van der Waals surface area contributed by atoms with E-state index in [1.165, 1.54) is 0 Å². The quantitative estimate of drug-likeness (QED) is 0.917. The molecule has 1 heterocycles. The lowest BCUT2D eigenvalue weighted by Crippen LogP contribution is -2.38. The summed E-state index contributed by atoms with van der Waals surface area (Å²) >= 11 is 0. The van der Waals surface area contributed by atoms with E-state index < -0.39 is 6.10 Å². The van der Waals surface area contributed by atoms with Crippen molar-refractivity contribution in [1.82, 2.24) is 5.32 Å². The van der Waals surface area contributed by atoms with Crippen molar-refractivity contribution in [2.45, 2.75) is 31.4 Å². The molecule has 2 aromatic rings. The Labute approximate surface area is 141 Å². The van der Waals surface area contributed by atoms with Crippen molar-refractivity contribution in [3.63, 3.8) is 0 Å². The van der Waals surface area contributed by atoms with E-state index in [0.29, 0.717) is 12.3 Å². The van der Waals surface area contributed by atoms with Crippen LogP contribution in [0, 0.1) is 5.92 Å². The van der Waals surface area contributed by atoms with Gasteiger partial charge < -0.3 is 10.2 Å². The summed E-state index contributed by atoms with van der Waals surface area (Å²) in [6.07, 6.45) is 2.31. The molecule has 2 aromatic carbocycles. The molecular formula is C20H20N2O2. The van der Waals surface area contributed by atoms with Gasteiger partial charge in [-0.05, 0) is 29.9 Å². The van der Waals surface area contributed by atoms with Gasteiger partial charge in [0.1, 0.15) is 0 Å². The fourth-order valence-electron chi connectivity index (χ4n) is 3.13. The number of oxime groups is 1. The van der Waals surface area contributed by atoms with Gasteiger partial charge in [-0.2, -0.15) is 0 Å². The van der Waals surface area contributed by atoms with Crippen LogP contribution in [-0.4, -0.2) is 17.7 Å². The van der Waals surface area contributed by atoms with E-state index in [-0.39, 0.29) is 11.9 Å². The van der Waals surface area contributed by atoms with Gasteiger partial charge in [-0.15, -0.1) is 0 Å². The monoisotopic (exact) mass is 320 g/mol. The second kappa shape index (κ2) is 6.48. The van der Waals surface area contributed by atoms with E-state index in [4.69, 9.17) is 4.84 Å². The van der Waals surface area contributed by atoms with Gasteiger partial charge >= 0.3 is 0 Å². The number of hydrogen-bond acceptors (Lipinski definition) is 3. The van der Waals surface area contributed by atoms with Crippen LogP contribution in [0.25, 0.3) is 0 Å². The van der Waals surface area contributed by atoms with Crippen molar-refractivity contribution in [2.75, 3.05) is 0 Å². The molecule has 1 saturated carbocycles. The average molecular weight is 320 g/mol. The molecule has 0 radical (unpaired) electrons. The Kier molecular flexibility index (Phi) is 4.03. The molecule has 4 rings (SSSR count). The molecule has 1 amide bonds. The van der Waals surface area contributed by atoms with Gasteiger partial charge in [0.15, 0.2) is 0 Å². The van der Waals surface area contributed by atoms with Gasteiger partial charge in [-0.3, -0.25) is 4.79 Å². The number of carbonyl (C=O) groups excluding carboxylic acids is 1. The Hall–Kier alpha value is -2.62. The van der Waals surface area contributed by atoms with E-state index in [9.17, 15) is 4.79 Å². The maximum atomic E-state index is 12.6. The second-order valence-electron chi connectivity index (χ2n) is 6.44. The molecule has 122 valence electrons. The molecule has 0 spiro atoms. The Morgan fingerprint density at radius 3 is 2.38 bits per heavy atom. The topological polar surface area (TPSA) is 50.7 Å². The van der Waals surface area contributed by atoms with Gasteiger partial charge in [0.05, 0.1) is 11.8 Å². The molecule has 0 aromatic heterocycles. The van der Waals surface area contributed by atoms with Crippen LogP contribution in [0.15, 0.2) is 65.8 Å². The lowest BCUT2D eigenvalue weighted by atomic mass is 10.0. The average Bonchev–Trinajstić information content (AvgIpc) is 3.36. The lowest BCUT2D eigenvalue weighted by Gasteiger charge is -2.20. The molecule has 0 unspecified atom stereocenters. The zero-order valence-corrected chi connectivity index (χ0v) is 13.4. The highest BCUT2D eigenvalue weighted by atomic mass is 16.6. The Morgan fingerprint density at radius 1 is 1.04 bits per heavy atom. The molecule has 2 atom stereocenters. The summed E-state index contributed by atoms with van der Waals surface area (Å²) in [5.41, 5.74) is 3.00. The maximum Gasteiger partial charge on any atom is 0.264 e. The highest BCUT2D eigenvalue weighted by Gasteiger charge is 2.36. The van der Waals surface area contributed by atoms with Crippen molar-refractivity contribution in [1.29, 1.82) is 0 Å². The van der Waals surface area contributed by atoms with Crippen LogP contribution in [0.4, 0.5) is 0 Å². The smallest absolute Gasteiger partial charge is 0.264 e. The molecular weight excluding hydrogens is 300 g/mol. The van der Waals surface area contributed by atoms with Crippen molar-refractivity contribution in [3.8, 4) is 0 Å². The number of rotatable bonds is 5. The first-order valence-corrected chi connectivity index (χ1v) is 8.45. The van der Waals surface area contributed by atoms with Crippen LogP contribution in [-0.2, 0) is 9.63 Å². The van der Waals surface area contributed by atoms with Crippen LogP contribution in [0.5, 0.6) is 0 Å². The SMILES string of the molecule is O=C(N[C@H](c1ccccc1)C1CC1)[C@@H]1CC(c2ccccc2)=NO1. The summed E-state index contributed by atoms with van der Waals surface area (Å²) in [4.78, 5) is 18.0. The normalized spacial score (nSPS) is 20.8. The number of nitrogens with zero attached hydrogens (tertiary/aromatic N) is 1. The molecule has 0 bridgehead atoms.